The summed E-state index contributed by atoms with van der Waals surface area (Å²) >= 11 is 0. The summed E-state index contributed by atoms with van der Waals surface area (Å²) in [6, 6.07) is 2.19. The number of carbonyl (C=O) groups excluding carboxylic acids is 1. The van der Waals surface area contributed by atoms with Crippen LogP contribution in [0.1, 0.15) is 34.0 Å². The number of rotatable bonds is 1. The molecular weight excluding hydrogens is 205 g/mol. The molecule has 0 bridgehead atoms. The van der Waals surface area contributed by atoms with E-state index in [4.69, 9.17) is 0 Å². The zero-order chi connectivity index (χ0) is 11.8. The summed E-state index contributed by atoms with van der Waals surface area (Å²) in [7, 11) is 0. The Morgan fingerprint density at radius 3 is 2.07 bits per heavy atom. The highest BCUT2D eigenvalue weighted by molar-refractivity contribution is 5.95. The van der Waals surface area contributed by atoms with E-state index < -0.39 is 11.7 Å². The molecule has 4 heteroatoms. The molecule has 0 aliphatic heterocycles. The Labute approximate surface area is 85.9 Å². The van der Waals surface area contributed by atoms with Crippen molar-refractivity contribution in [3.8, 4) is 0 Å². The van der Waals surface area contributed by atoms with Gasteiger partial charge in [0.25, 0.3) is 0 Å². The van der Waals surface area contributed by atoms with Gasteiger partial charge in [-0.3, -0.25) is 4.79 Å². The minimum absolute atomic E-state index is 0.121. The van der Waals surface area contributed by atoms with E-state index in [0.717, 1.165) is 6.07 Å². The molecule has 1 nitrogen and oxygen atoms in total. The van der Waals surface area contributed by atoms with Crippen molar-refractivity contribution in [2.75, 3.05) is 0 Å². The molecule has 0 amide bonds. The first-order chi connectivity index (χ1) is 6.75. The average molecular weight is 216 g/mol. The zero-order valence-electron chi connectivity index (χ0n) is 8.70. The van der Waals surface area contributed by atoms with E-state index in [9.17, 15) is 18.0 Å². The van der Waals surface area contributed by atoms with Crippen molar-refractivity contribution < 1.29 is 18.0 Å². The van der Waals surface area contributed by atoms with Crippen molar-refractivity contribution >= 4 is 5.78 Å². The standard InChI is InChI=1S/C11H11F3O/c1-6-7(2)10(11(12,13)14)5-4-9(6)8(3)15/h4-5H,1-3H3. The predicted molar refractivity (Wildman–Crippen MR) is 50.9 cm³/mol. The second-order valence-electron chi connectivity index (χ2n) is 3.46. The van der Waals surface area contributed by atoms with Crippen molar-refractivity contribution in [1.29, 1.82) is 0 Å². The maximum atomic E-state index is 12.5. The monoisotopic (exact) mass is 216 g/mol. The molecule has 0 aliphatic rings. The molecular formula is C11H11F3O. The number of benzene rings is 1. The van der Waals surface area contributed by atoms with Crippen LogP contribution in [0.25, 0.3) is 0 Å². The lowest BCUT2D eigenvalue weighted by Crippen LogP contribution is -2.10. The molecule has 0 fully saturated rings. The van der Waals surface area contributed by atoms with Crippen LogP contribution >= 0.6 is 0 Å². The first-order valence-electron chi connectivity index (χ1n) is 4.43. The molecule has 0 unspecified atom stereocenters. The van der Waals surface area contributed by atoms with Gasteiger partial charge in [-0.1, -0.05) is 6.07 Å². The lowest BCUT2D eigenvalue weighted by molar-refractivity contribution is -0.138. The van der Waals surface area contributed by atoms with Gasteiger partial charge in [0, 0.05) is 5.56 Å². The van der Waals surface area contributed by atoms with Crippen molar-refractivity contribution in [2.45, 2.75) is 26.9 Å². The van der Waals surface area contributed by atoms with Crippen LogP contribution in [0, 0.1) is 13.8 Å². The Bertz CT molecular complexity index is 405. The smallest absolute Gasteiger partial charge is 0.295 e. The van der Waals surface area contributed by atoms with Gasteiger partial charge in [-0.15, -0.1) is 0 Å². The SMILES string of the molecule is CC(=O)c1ccc(C(F)(F)F)c(C)c1C. The van der Waals surface area contributed by atoms with Crippen LogP contribution in [0.15, 0.2) is 12.1 Å². The topological polar surface area (TPSA) is 17.1 Å². The molecule has 0 atom stereocenters. The fourth-order valence-electron chi connectivity index (χ4n) is 1.51. The second-order valence-corrected chi connectivity index (χ2v) is 3.46. The van der Waals surface area contributed by atoms with Gasteiger partial charge in [-0.25, -0.2) is 0 Å². The zero-order valence-corrected chi connectivity index (χ0v) is 8.70. The number of hydrogen-bond donors (Lipinski definition) is 0. The van der Waals surface area contributed by atoms with E-state index in [-0.39, 0.29) is 11.3 Å². The third kappa shape index (κ3) is 2.19. The van der Waals surface area contributed by atoms with Crippen LogP contribution in [-0.4, -0.2) is 5.78 Å². The van der Waals surface area contributed by atoms with Gasteiger partial charge in [-0.2, -0.15) is 13.2 Å². The van der Waals surface area contributed by atoms with Crippen LogP contribution in [0.2, 0.25) is 0 Å². The van der Waals surface area contributed by atoms with Crippen molar-refractivity contribution in [3.63, 3.8) is 0 Å². The average Bonchev–Trinajstić information content (AvgIpc) is 2.06. The quantitative estimate of drug-likeness (QED) is 0.656. The summed E-state index contributed by atoms with van der Waals surface area (Å²) in [6.45, 7) is 4.25. The summed E-state index contributed by atoms with van der Waals surface area (Å²) in [5.74, 6) is -0.218. The number of carbonyl (C=O) groups is 1. The minimum atomic E-state index is -4.36. The molecule has 0 heterocycles. The molecule has 0 N–H and O–H groups in total. The largest absolute Gasteiger partial charge is 0.416 e. The Hall–Kier alpha value is -1.32. The molecule has 82 valence electrons. The molecule has 0 saturated heterocycles. The highest BCUT2D eigenvalue weighted by Gasteiger charge is 2.33. The molecule has 0 spiro atoms. The first kappa shape index (κ1) is 11.8. The fourth-order valence-corrected chi connectivity index (χ4v) is 1.51. The number of halogens is 3. The van der Waals surface area contributed by atoms with Crippen LogP contribution < -0.4 is 0 Å². The molecule has 0 saturated carbocycles. The third-order valence-electron chi connectivity index (χ3n) is 2.47. The molecule has 0 aliphatic carbocycles. The van der Waals surface area contributed by atoms with Crippen molar-refractivity contribution in [1.82, 2.24) is 0 Å². The maximum absolute atomic E-state index is 12.5. The second kappa shape index (κ2) is 3.68. The number of ketones is 1. The highest BCUT2D eigenvalue weighted by atomic mass is 19.4. The van der Waals surface area contributed by atoms with E-state index in [1.807, 2.05) is 0 Å². The van der Waals surface area contributed by atoms with Gasteiger partial charge in [0.1, 0.15) is 0 Å². The minimum Gasteiger partial charge on any atom is -0.295 e. The van der Waals surface area contributed by atoms with Crippen molar-refractivity contribution in [2.24, 2.45) is 0 Å². The van der Waals surface area contributed by atoms with Gasteiger partial charge in [0.2, 0.25) is 0 Å². The highest BCUT2D eigenvalue weighted by Crippen LogP contribution is 2.33. The van der Waals surface area contributed by atoms with E-state index in [1.54, 1.807) is 0 Å². The van der Waals surface area contributed by atoms with Crippen LogP contribution in [-0.2, 0) is 6.18 Å². The Morgan fingerprint density at radius 1 is 1.13 bits per heavy atom. The molecule has 0 radical (unpaired) electrons. The third-order valence-corrected chi connectivity index (χ3v) is 2.47. The van der Waals surface area contributed by atoms with Crippen LogP contribution in [0.5, 0.6) is 0 Å². The molecule has 1 aromatic rings. The summed E-state index contributed by atoms with van der Waals surface area (Å²) in [6.07, 6.45) is -4.36. The van der Waals surface area contributed by atoms with E-state index in [0.29, 0.717) is 11.1 Å². The van der Waals surface area contributed by atoms with Crippen LogP contribution in [0.3, 0.4) is 0 Å². The van der Waals surface area contributed by atoms with E-state index in [2.05, 4.69) is 0 Å². The van der Waals surface area contributed by atoms with Gasteiger partial charge in [0.15, 0.2) is 5.78 Å². The summed E-state index contributed by atoms with van der Waals surface area (Å²) in [5.41, 5.74) is 0.193. The van der Waals surface area contributed by atoms with Gasteiger partial charge >= 0.3 is 6.18 Å². The maximum Gasteiger partial charge on any atom is 0.416 e. The molecule has 15 heavy (non-hydrogen) atoms. The molecule has 0 aromatic heterocycles. The lowest BCUT2D eigenvalue weighted by atomic mass is 9.96. The normalized spacial score (nSPS) is 11.6. The van der Waals surface area contributed by atoms with Gasteiger partial charge in [-0.05, 0) is 38.0 Å². The van der Waals surface area contributed by atoms with Gasteiger partial charge in [0.05, 0.1) is 5.56 Å². The summed E-state index contributed by atoms with van der Waals surface area (Å²) < 4.78 is 37.4. The van der Waals surface area contributed by atoms with E-state index in [1.165, 1.54) is 26.8 Å². The number of alkyl halides is 3. The Balaban J connectivity index is 3.41. The Morgan fingerprint density at radius 2 is 1.67 bits per heavy atom. The lowest BCUT2D eigenvalue weighted by Gasteiger charge is -2.14. The molecule has 1 aromatic carbocycles. The summed E-state index contributed by atoms with van der Waals surface area (Å²) in [4.78, 5) is 11.1. The number of hydrogen-bond acceptors (Lipinski definition) is 1. The molecule has 1 rings (SSSR count). The fraction of sp³-hybridized carbons (Fsp3) is 0.364. The Kier molecular flexibility index (Phi) is 2.88. The number of Topliss-reactive ketones (excluding diaryl/α,β-unsaturated/α-hetero) is 1. The predicted octanol–water partition coefficient (Wildman–Crippen LogP) is 3.52. The van der Waals surface area contributed by atoms with Gasteiger partial charge < -0.3 is 0 Å². The van der Waals surface area contributed by atoms with E-state index >= 15 is 0 Å². The van der Waals surface area contributed by atoms with Crippen molar-refractivity contribution in [3.05, 3.63) is 34.4 Å². The first-order valence-corrected chi connectivity index (χ1v) is 4.43. The summed E-state index contributed by atoms with van der Waals surface area (Å²) in [5, 5.41) is 0. The van der Waals surface area contributed by atoms with Crippen LogP contribution in [0.4, 0.5) is 13.2 Å².